The number of allylic oxidation sites excluding steroid dienone is 4. The van der Waals surface area contributed by atoms with E-state index in [2.05, 4.69) is 109 Å². The molecule has 4 aromatic carbocycles. The van der Waals surface area contributed by atoms with Crippen LogP contribution in [0, 0.1) is 6.92 Å². The summed E-state index contributed by atoms with van der Waals surface area (Å²) in [5.74, 6) is 0.710. The number of rotatable bonds is 4. The Morgan fingerprint density at radius 1 is 0.628 bits per heavy atom. The van der Waals surface area contributed by atoms with Gasteiger partial charge < -0.3 is 0 Å². The molecule has 1 aromatic heterocycles. The van der Waals surface area contributed by atoms with Crippen molar-refractivity contribution >= 4 is 44.3 Å². The summed E-state index contributed by atoms with van der Waals surface area (Å²) in [7, 11) is 0. The van der Waals surface area contributed by atoms with Gasteiger partial charge in [-0.1, -0.05) is 110 Å². The van der Waals surface area contributed by atoms with Crippen LogP contribution in [0.1, 0.15) is 91.7 Å². The van der Waals surface area contributed by atoms with Gasteiger partial charge in [-0.25, -0.2) is 0 Å². The van der Waals surface area contributed by atoms with Gasteiger partial charge in [-0.05, 0) is 128 Å². The second-order valence-electron chi connectivity index (χ2n) is 12.8. The molecule has 3 aliphatic carbocycles. The molecular formula is C42H39N. The Morgan fingerprint density at radius 3 is 1.95 bits per heavy atom. The van der Waals surface area contributed by atoms with Crippen molar-refractivity contribution < 1.29 is 0 Å². The van der Waals surface area contributed by atoms with Crippen molar-refractivity contribution in [1.82, 2.24) is 4.98 Å². The average Bonchev–Trinajstić information content (AvgIpc) is 3.07. The van der Waals surface area contributed by atoms with Crippen LogP contribution in [0.4, 0.5) is 0 Å². The number of benzene rings is 4. The maximum Gasteiger partial charge on any atom is 0.0373 e. The number of aromatic nitrogens is 1. The number of nitrogens with zero attached hydrogens (tertiary/aromatic N) is 1. The predicted molar refractivity (Wildman–Crippen MR) is 183 cm³/mol. The summed E-state index contributed by atoms with van der Waals surface area (Å²) >= 11 is 0. The second-order valence-corrected chi connectivity index (χ2v) is 12.8. The second kappa shape index (κ2) is 11.1. The largest absolute Gasteiger partial charge is 0.261 e. The van der Waals surface area contributed by atoms with Gasteiger partial charge >= 0.3 is 0 Å². The lowest BCUT2D eigenvalue weighted by molar-refractivity contribution is 0.442. The van der Waals surface area contributed by atoms with E-state index >= 15 is 0 Å². The first kappa shape index (κ1) is 26.4. The Bertz CT molecular complexity index is 1990. The van der Waals surface area contributed by atoms with Gasteiger partial charge in [0.05, 0.1) is 0 Å². The van der Waals surface area contributed by atoms with Crippen molar-refractivity contribution in [3.8, 4) is 0 Å². The normalized spacial score (nSPS) is 17.4. The molecule has 8 rings (SSSR count). The molecule has 3 aliphatic rings. The van der Waals surface area contributed by atoms with Crippen LogP contribution >= 0.6 is 0 Å². The van der Waals surface area contributed by atoms with Gasteiger partial charge in [0.15, 0.2) is 0 Å². The quantitative estimate of drug-likeness (QED) is 0.200. The van der Waals surface area contributed by atoms with Crippen molar-refractivity contribution in [3.63, 3.8) is 0 Å². The van der Waals surface area contributed by atoms with E-state index in [0.717, 1.165) is 31.4 Å². The molecule has 0 unspecified atom stereocenters. The van der Waals surface area contributed by atoms with Crippen molar-refractivity contribution in [2.24, 2.45) is 0 Å². The lowest BCUT2D eigenvalue weighted by Crippen LogP contribution is -2.34. The van der Waals surface area contributed by atoms with Crippen LogP contribution in [0.5, 0.6) is 0 Å². The summed E-state index contributed by atoms with van der Waals surface area (Å²) in [6.45, 7) is 2.05. The minimum Gasteiger partial charge on any atom is -0.261 e. The minimum absolute atomic E-state index is 0.710. The zero-order chi connectivity index (χ0) is 28.8. The standard InChI is InChI=1S/C42H39N/c1-28-21-22-32(27-43-28)29-23-25-31(26-24-29)41-37-13-5-7-15-39(37)42(40-16-8-6-14-38(40)41)36-20-10-18-34-33(17-9-19-35(34)36)30-11-3-2-4-12-30/h5-9,13-19,21-23,25,27,30H,2-4,10-12,20,24,26H2,1H3. The summed E-state index contributed by atoms with van der Waals surface area (Å²) in [5.41, 5.74) is 11.1. The molecule has 0 radical (unpaired) electrons. The Balaban J connectivity index is 1.35. The molecule has 1 heterocycles. The van der Waals surface area contributed by atoms with Gasteiger partial charge in [-0.3, -0.25) is 4.98 Å². The van der Waals surface area contributed by atoms with E-state index in [9.17, 15) is 0 Å². The maximum atomic E-state index is 4.55. The zero-order valence-electron chi connectivity index (χ0n) is 25.2. The summed E-state index contributed by atoms with van der Waals surface area (Å²) in [4.78, 5) is 4.55. The Hall–Kier alpha value is -4.23. The van der Waals surface area contributed by atoms with Crippen molar-refractivity contribution in [1.29, 1.82) is 0 Å². The van der Waals surface area contributed by atoms with E-state index in [-0.39, 0.29) is 0 Å². The highest BCUT2D eigenvalue weighted by Crippen LogP contribution is 2.43. The summed E-state index contributed by atoms with van der Waals surface area (Å²) in [6.07, 6.45) is 20.4. The molecular weight excluding hydrogens is 518 g/mol. The van der Waals surface area contributed by atoms with Crippen molar-refractivity contribution in [2.75, 3.05) is 0 Å². The van der Waals surface area contributed by atoms with Crippen LogP contribution in [0.3, 0.4) is 0 Å². The number of hydrogen-bond acceptors (Lipinski definition) is 1. The fourth-order valence-corrected chi connectivity index (χ4v) is 8.14. The highest BCUT2D eigenvalue weighted by atomic mass is 14.7. The first-order valence-electron chi connectivity index (χ1n) is 16.4. The molecule has 5 aromatic rings. The van der Waals surface area contributed by atoms with E-state index in [0.29, 0.717) is 5.92 Å². The topological polar surface area (TPSA) is 12.9 Å². The van der Waals surface area contributed by atoms with Gasteiger partial charge in [0.25, 0.3) is 0 Å². The number of fused-ring (bicyclic) bond motifs is 3. The Kier molecular flexibility index (Phi) is 6.83. The van der Waals surface area contributed by atoms with Crippen LogP contribution in [0.25, 0.3) is 44.3 Å². The minimum atomic E-state index is 0.710. The van der Waals surface area contributed by atoms with Crippen molar-refractivity contribution in [3.05, 3.63) is 136 Å². The lowest BCUT2D eigenvalue weighted by Gasteiger charge is -2.25. The highest BCUT2D eigenvalue weighted by Gasteiger charge is 2.23. The van der Waals surface area contributed by atoms with Crippen LogP contribution in [0.15, 0.2) is 97.2 Å². The molecule has 1 fully saturated rings. The van der Waals surface area contributed by atoms with E-state index in [1.54, 1.807) is 5.56 Å². The van der Waals surface area contributed by atoms with E-state index in [4.69, 9.17) is 0 Å². The van der Waals surface area contributed by atoms with E-state index in [1.807, 2.05) is 6.20 Å². The Morgan fingerprint density at radius 2 is 1.30 bits per heavy atom. The zero-order valence-corrected chi connectivity index (χ0v) is 25.2. The molecule has 0 bridgehead atoms. The molecule has 1 saturated carbocycles. The van der Waals surface area contributed by atoms with Gasteiger partial charge in [0.2, 0.25) is 0 Å². The van der Waals surface area contributed by atoms with Crippen molar-refractivity contribution in [2.45, 2.75) is 70.6 Å². The summed E-state index contributed by atoms with van der Waals surface area (Å²) in [6, 6.07) is 29.9. The summed E-state index contributed by atoms with van der Waals surface area (Å²) in [5, 5.41) is 8.52. The number of hydrogen-bond donors (Lipinski definition) is 0. The molecule has 0 saturated heterocycles. The van der Waals surface area contributed by atoms with Crippen LogP contribution in [0.2, 0.25) is 0 Å². The van der Waals surface area contributed by atoms with E-state index in [1.165, 1.54) is 97.5 Å². The van der Waals surface area contributed by atoms with Gasteiger partial charge in [-0.15, -0.1) is 0 Å². The molecule has 212 valence electrons. The monoisotopic (exact) mass is 557 g/mol. The molecule has 1 nitrogen and oxygen atoms in total. The molecule has 0 aliphatic heterocycles. The first-order chi connectivity index (χ1) is 21.3. The van der Waals surface area contributed by atoms with Crippen LogP contribution in [-0.4, -0.2) is 4.98 Å². The number of aryl methyl sites for hydroxylation is 1. The van der Waals surface area contributed by atoms with Gasteiger partial charge in [-0.2, -0.15) is 0 Å². The average molecular weight is 558 g/mol. The predicted octanol–water partition coefficient (Wildman–Crippen LogP) is 9.78. The molecule has 1 heteroatoms. The summed E-state index contributed by atoms with van der Waals surface area (Å²) < 4.78 is 0. The molecule has 0 spiro atoms. The van der Waals surface area contributed by atoms with Crippen LogP contribution < -0.4 is 10.4 Å². The molecule has 0 atom stereocenters. The maximum absolute atomic E-state index is 4.55. The molecule has 0 N–H and O–H groups in total. The molecule has 43 heavy (non-hydrogen) atoms. The third kappa shape index (κ3) is 4.67. The Labute approximate surface area is 255 Å². The SMILES string of the molecule is Cc1ccc(C2=CC=C(c3c4ccccc4c(C4=c5cccc(C6CCCCC6)c5=CCC4)c4ccccc34)CC2)cn1. The van der Waals surface area contributed by atoms with E-state index < -0.39 is 0 Å². The third-order valence-corrected chi connectivity index (χ3v) is 10.2. The van der Waals surface area contributed by atoms with Gasteiger partial charge in [0, 0.05) is 11.9 Å². The number of pyridine rings is 1. The van der Waals surface area contributed by atoms with Gasteiger partial charge in [0.1, 0.15) is 0 Å². The van der Waals surface area contributed by atoms with Crippen LogP contribution in [-0.2, 0) is 0 Å². The fraction of sp³-hybridized carbons (Fsp3) is 0.262. The molecule has 0 amide bonds. The lowest BCUT2D eigenvalue weighted by atomic mass is 9.79. The third-order valence-electron chi connectivity index (χ3n) is 10.2. The fourth-order valence-electron chi connectivity index (χ4n) is 8.14. The first-order valence-corrected chi connectivity index (χ1v) is 16.4. The highest BCUT2D eigenvalue weighted by molar-refractivity contribution is 6.16. The smallest absolute Gasteiger partial charge is 0.0373 e.